The lowest BCUT2D eigenvalue weighted by Gasteiger charge is -2.16. The van der Waals surface area contributed by atoms with E-state index in [0.717, 1.165) is 11.1 Å². The monoisotopic (exact) mass is 340 g/mol. The number of aliphatic hydroxyl groups is 1. The van der Waals surface area contributed by atoms with E-state index in [1.54, 1.807) is 34.7 Å². The number of aryl methyl sites for hydroxylation is 2. The molecule has 2 atom stereocenters. The van der Waals surface area contributed by atoms with Crippen molar-refractivity contribution in [1.29, 1.82) is 0 Å². The van der Waals surface area contributed by atoms with Crippen LogP contribution < -0.4 is 0 Å². The van der Waals surface area contributed by atoms with Crippen LogP contribution in [0.3, 0.4) is 0 Å². The zero-order valence-corrected chi connectivity index (χ0v) is 14.2. The number of fused-ring (bicyclic) bond motifs is 1. The van der Waals surface area contributed by atoms with Crippen molar-refractivity contribution in [3.8, 4) is 0 Å². The number of aliphatic hydroxyl groups excluding tert-OH is 1. The minimum atomic E-state index is -0.0548. The largest absolute Gasteiger partial charge is 0.441 e. The molecule has 1 aromatic carbocycles. The van der Waals surface area contributed by atoms with Crippen LogP contribution in [0, 0.1) is 12.8 Å². The first-order valence-electron chi connectivity index (χ1n) is 8.31. The van der Waals surface area contributed by atoms with Crippen molar-refractivity contribution in [2.75, 3.05) is 19.7 Å². The van der Waals surface area contributed by atoms with Crippen LogP contribution in [0.5, 0.6) is 0 Å². The van der Waals surface area contributed by atoms with Crippen LogP contribution in [0.25, 0.3) is 11.1 Å². The number of hydrogen-bond donors (Lipinski definition) is 1. The van der Waals surface area contributed by atoms with E-state index >= 15 is 0 Å². The molecule has 130 valence electrons. The zero-order valence-electron chi connectivity index (χ0n) is 14.2. The van der Waals surface area contributed by atoms with E-state index in [1.807, 2.05) is 19.4 Å². The lowest BCUT2D eigenvalue weighted by atomic mass is 9.92. The molecule has 7 heteroatoms. The summed E-state index contributed by atoms with van der Waals surface area (Å²) in [5.41, 5.74) is 2.99. The molecule has 1 fully saturated rings. The van der Waals surface area contributed by atoms with Crippen LogP contribution >= 0.6 is 0 Å². The quantitative estimate of drug-likeness (QED) is 0.785. The van der Waals surface area contributed by atoms with Gasteiger partial charge < -0.3 is 14.4 Å². The number of likely N-dealkylation sites (tertiary alicyclic amines) is 1. The highest BCUT2D eigenvalue weighted by molar-refractivity contribution is 5.97. The minimum absolute atomic E-state index is 0.0180. The van der Waals surface area contributed by atoms with Gasteiger partial charge in [0.2, 0.25) is 0 Å². The molecule has 25 heavy (non-hydrogen) atoms. The Labute approximate surface area is 144 Å². The molecular weight excluding hydrogens is 320 g/mol. The molecule has 2 aromatic heterocycles. The van der Waals surface area contributed by atoms with Crippen LogP contribution in [-0.2, 0) is 7.05 Å². The van der Waals surface area contributed by atoms with Crippen LogP contribution in [-0.4, -0.2) is 50.4 Å². The SMILES string of the molecule is Cc1nc2ccc(C(=O)N3C[C@@H](CO)[C@H](c4cnn(C)c4)C3)cc2o1. The average molecular weight is 340 g/mol. The van der Waals surface area contributed by atoms with Gasteiger partial charge in [0.1, 0.15) is 5.52 Å². The van der Waals surface area contributed by atoms with E-state index in [0.29, 0.717) is 30.1 Å². The summed E-state index contributed by atoms with van der Waals surface area (Å²) in [7, 11) is 1.87. The number of oxazole rings is 1. The summed E-state index contributed by atoms with van der Waals surface area (Å²) in [6.45, 7) is 2.93. The Morgan fingerprint density at radius 1 is 1.40 bits per heavy atom. The molecule has 0 radical (unpaired) electrons. The summed E-state index contributed by atoms with van der Waals surface area (Å²) < 4.78 is 7.27. The first-order chi connectivity index (χ1) is 12.0. The molecule has 4 rings (SSSR count). The number of amides is 1. The van der Waals surface area contributed by atoms with Crippen molar-refractivity contribution in [3.63, 3.8) is 0 Å². The molecule has 0 saturated carbocycles. The minimum Gasteiger partial charge on any atom is -0.441 e. The van der Waals surface area contributed by atoms with Gasteiger partial charge in [-0.05, 0) is 23.8 Å². The summed E-state index contributed by atoms with van der Waals surface area (Å²) in [6.07, 6.45) is 3.76. The second-order valence-corrected chi connectivity index (χ2v) is 6.62. The van der Waals surface area contributed by atoms with Gasteiger partial charge in [0.25, 0.3) is 5.91 Å². The molecule has 1 saturated heterocycles. The Morgan fingerprint density at radius 3 is 2.96 bits per heavy atom. The van der Waals surface area contributed by atoms with Gasteiger partial charge in [-0.25, -0.2) is 4.98 Å². The Morgan fingerprint density at radius 2 is 2.24 bits per heavy atom. The molecule has 0 spiro atoms. The number of aromatic nitrogens is 3. The van der Waals surface area contributed by atoms with Crippen LogP contribution in [0.15, 0.2) is 35.0 Å². The third-order valence-electron chi connectivity index (χ3n) is 4.86. The van der Waals surface area contributed by atoms with Gasteiger partial charge in [-0.3, -0.25) is 9.48 Å². The molecule has 0 bridgehead atoms. The molecule has 1 N–H and O–H groups in total. The number of carbonyl (C=O) groups is 1. The van der Waals surface area contributed by atoms with Gasteiger partial charge in [0.05, 0.1) is 6.20 Å². The van der Waals surface area contributed by atoms with E-state index in [2.05, 4.69) is 10.1 Å². The number of carbonyl (C=O) groups excluding carboxylic acids is 1. The van der Waals surface area contributed by atoms with Gasteiger partial charge in [-0.2, -0.15) is 5.10 Å². The molecule has 0 unspecified atom stereocenters. The zero-order chi connectivity index (χ0) is 17.6. The maximum Gasteiger partial charge on any atom is 0.254 e. The first kappa shape index (κ1) is 15.8. The Kier molecular flexibility index (Phi) is 3.80. The number of benzene rings is 1. The first-order valence-corrected chi connectivity index (χ1v) is 8.31. The van der Waals surface area contributed by atoms with Gasteiger partial charge in [0.15, 0.2) is 11.5 Å². The van der Waals surface area contributed by atoms with Gasteiger partial charge >= 0.3 is 0 Å². The van der Waals surface area contributed by atoms with Crippen molar-refractivity contribution in [2.24, 2.45) is 13.0 Å². The molecule has 1 aliphatic rings. The highest BCUT2D eigenvalue weighted by Gasteiger charge is 2.36. The van der Waals surface area contributed by atoms with Crippen molar-refractivity contribution < 1.29 is 14.3 Å². The van der Waals surface area contributed by atoms with Crippen LogP contribution in [0.1, 0.15) is 27.7 Å². The maximum atomic E-state index is 12.9. The summed E-state index contributed by atoms with van der Waals surface area (Å²) in [4.78, 5) is 19.0. The Bertz CT molecular complexity index is 929. The molecule has 1 aliphatic heterocycles. The van der Waals surface area contributed by atoms with Crippen molar-refractivity contribution in [1.82, 2.24) is 19.7 Å². The Hall–Kier alpha value is -2.67. The van der Waals surface area contributed by atoms with Crippen LogP contribution in [0.2, 0.25) is 0 Å². The molecule has 0 aliphatic carbocycles. The van der Waals surface area contributed by atoms with Gasteiger partial charge in [-0.1, -0.05) is 0 Å². The second kappa shape index (κ2) is 6.00. The molecule has 1 amide bonds. The highest BCUT2D eigenvalue weighted by atomic mass is 16.3. The summed E-state index contributed by atoms with van der Waals surface area (Å²) >= 11 is 0. The predicted octanol–water partition coefficient (Wildman–Crippen LogP) is 1.72. The molecular formula is C18H20N4O3. The van der Waals surface area contributed by atoms with Crippen molar-refractivity contribution in [3.05, 3.63) is 47.6 Å². The standard InChI is InChI=1S/C18H20N4O3/c1-11-20-16-4-3-12(5-17(16)25-11)18(24)22-8-14(10-23)15(9-22)13-6-19-21(2)7-13/h3-7,14-15,23H,8-10H2,1-2H3/t14-,15-/m0/s1. The van der Waals surface area contributed by atoms with Crippen molar-refractivity contribution in [2.45, 2.75) is 12.8 Å². The summed E-state index contributed by atoms with van der Waals surface area (Å²) in [5.74, 6) is 0.641. The van der Waals surface area contributed by atoms with E-state index in [4.69, 9.17) is 4.42 Å². The third kappa shape index (κ3) is 2.80. The number of rotatable bonds is 3. The smallest absolute Gasteiger partial charge is 0.254 e. The molecule has 3 heterocycles. The third-order valence-corrected chi connectivity index (χ3v) is 4.86. The van der Waals surface area contributed by atoms with E-state index in [-0.39, 0.29) is 24.3 Å². The van der Waals surface area contributed by atoms with E-state index in [1.165, 1.54) is 0 Å². The normalized spacial score (nSPS) is 20.5. The summed E-state index contributed by atoms with van der Waals surface area (Å²) in [5, 5.41) is 13.9. The van der Waals surface area contributed by atoms with Crippen LogP contribution in [0.4, 0.5) is 0 Å². The topological polar surface area (TPSA) is 84.4 Å². The van der Waals surface area contributed by atoms with E-state index in [9.17, 15) is 9.90 Å². The fourth-order valence-corrected chi connectivity index (χ4v) is 3.59. The lowest BCUT2D eigenvalue weighted by molar-refractivity contribution is 0.0781. The summed E-state index contributed by atoms with van der Waals surface area (Å²) in [6, 6.07) is 5.32. The number of nitrogens with zero attached hydrogens (tertiary/aromatic N) is 4. The average Bonchev–Trinajstić information content (AvgIpc) is 3.29. The van der Waals surface area contributed by atoms with Gasteiger partial charge in [0, 0.05) is 57.3 Å². The fraction of sp³-hybridized carbons (Fsp3) is 0.389. The highest BCUT2D eigenvalue weighted by Crippen LogP contribution is 2.33. The Balaban J connectivity index is 1.59. The maximum absolute atomic E-state index is 12.9. The van der Waals surface area contributed by atoms with Crippen molar-refractivity contribution >= 4 is 17.0 Å². The molecule has 3 aromatic rings. The van der Waals surface area contributed by atoms with E-state index < -0.39 is 0 Å². The lowest BCUT2D eigenvalue weighted by Crippen LogP contribution is -2.29. The number of hydrogen-bond acceptors (Lipinski definition) is 5. The molecule has 7 nitrogen and oxygen atoms in total. The fourth-order valence-electron chi connectivity index (χ4n) is 3.59. The predicted molar refractivity (Wildman–Crippen MR) is 91.2 cm³/mol. The van der Waals surface area contributed by atoms with Gasteiger partial charge in [-0.15, -0.1) is 0 Å². The second-order valence-electron chi connectivity index (χ2n) is 6.62.